The zero-order chi connectivity index (χ0) is 73.8. The lowest BCUT2D eigenvalue weighted by Gasteiger charge is -2.22. The Kier molecular flexibility index (Phi) is 13.7. The van der Waals surface area contributed by atoms with E-state index in [-0.39, 0.29) is 21.7 Å². The van der Waals surface area contributed by atoms with Gasteiger partial charge in [-0.1, -0.05) is 347 Å². The van der Waals surface area contributed by atoms with Crippen molar-refractivity contribution in [2.24, 2.45) is 0 Å². The van der Waals surface area contributed by atoms with Gasteiger partial charge in [-0.3, -0.25) is 0 Å². The largest absolute Gasteiger partial charge is 0.0619 e. The van der Waals surface area contributed by atoms with Crippen molar-refractivity contribution in [2.75, 3.05) is 0 Å². The molecule has 0 aromatic heterocycles. The molecule has 0 heteroatoms. The van der Waals surface area contributed by atoms with E-state index in [0.717, 1.165) is 0 Å². The zero-order valence-electron chi connectivity index (χ0n) is 63.3. The molecule has 520 valence electrons. The maximum atomic E-state index is 2.51. The Morgan fingerprint density at radius 2 is 0.282 bits per heavy atom. The Morgan fingerprint density at radius 3 is 0.482 bits per heavy atom. The van der Waals surface area contributed by atoms with Gasteiger partial charge in [0.1, 0.15) is 0 Å². The van der Waals surface area contributed by atoms with Crippen molar-refractivity contribution in [3.8, 4) is 134 Å². The number of fused-ring (bicyclic) bond motifs is 23. The minimum Gasteiger partial charge on any atom is -0.0619 e. The average Bonchev–Trinajstić information content (AvgIpc) is 1.10. The van der Waals surface area contributed by atoms with Crippen LogP contribution in [-0.4, -0.2) is 0 Å². The zero-order valence-corrected chi connectivity index (χ0v) is 63.3. The fraction of sp³-hybridized carbons (Fsp3) is 0.109. The Balaban J connectivity index is 0.722. The molecule has 0 N–H and O–H groups in total. The van der Waals surface area contributed by atoms with E-state index in [0.29, 0.717) is 0 Å². The van der Waals surface area contributed by atoms with Gasteiger partial charge >= 0.3 is 0 Å². The van der Waals surface area contributed by atoms with E-state index in [1.54, 1.807) is 0 Å². The summed E-state index contributed by atoms with van der Waals surface area (Å²) in [6, 6.07) is 131. The van der Waals surface area contributed by atoms with Crippen LogP contribution < -0.4 is 0 Å². The molecular formula is C110H80. The van der Waals surface area contributed by atoms with Crippen LogP contribution in [0.2, 0.25) is 0 Å². The molecule has 0 spiro atoms. The van der Waals surface area contributed by atoms with Crippen LogP contribution in [0.4, 0.5) is 0 Å². The van der Waals surface area contributed by atoms with E-state index in [1.165, 1.54) is 232 Å². The second-order valence-corrected chi connectivity index (χ2v) is 33.8. The second kappa shape index (κ2) is 23.4. The van der Waals surface area contributed by atoms with Crippen LogP contribution in [0.3, 0.4) is 0 Å². The fourth-order valence-electron chi connectivity index (χ4n) is 20.4. The van der Waals surface area contributed by atoms with Gasteiger partial charge in [0, 0.05) is 21.7 Å². The first-order valence-electron chi connectivity index (χ1n) is 39.2. The van der Waals surface area contributed by atoms with Gasteiger partial charge in [-0.15, -0.1) is 0 Å². The Labute approximate surface area is 644 Å². The molecule has 0 heterocycles. The van der Waals surface area contributed by atoms with Gasteiger partial charge in [0.25, 0.3) is 0 Å². The van der Waals surface area contributed by atoms with E-state index in [4.69, 9.17) is 0 Å². The predicted octanol–water partition coefficient (Wildman–Crippen LogP) is 30.0. The highest BCUT2D eigenvalue weighted by molar-refractivity contribution is 6.40. The molecule has 0 radical (unpaired) electrons. The van der Waals surface area contributed by atoms with E-state index in [2.05, 4.69) is 395 Å². The van der Waals surface area contributed by atoms with Gasteiger partial charge in [-0.05, 0) is 280 Å². The molecule has 4 aliphatic carbocycles. The molecule has 0 atom stereocenters. The van der Waals surface area contributed by atoms with Gasteiger partial charge < -0.3 is 0 Å². The molecule has 110 heavy (non-hydrogen) atoms. The third-order valence-corrected chi connectivity index (χ3v) is 26.5. The molecule has 4 aliphatic rings. The molecule has 0 amide bonds. The van der Waals surface area contributed by atoms with Crippen LogP contribution in [0.5, 0.6) is 0 Å². The first-order valence-corrected chi connectivity index (χ1v) is 39.2. The lowest BCUT2D eigenvalue weighted by molar-refractivity contribution is 0.660. The summed E-state index contributed by atoms with van der Waals surface area (Å²) in [5.74, 6) is 0. The van der Waals surface area contributed by atoms with Gasteiger partial charge in [0.05, 0.1) is 0 Å². The summed E-state index contributed by atoms with van der Waals surface area (Å²) < 4.78 is 0. The fourth-order valence-corrected chi connectivity index (χ4v) is 20.4. The van der Waals surface area contributed by atoms with E-state index < -0.39 is 0 Å². The van der Waals surface area contributed by atoms with Crippen molar-refractivity contribution < 1.29 is 0 Å². The van der Waals surface area contributed by atoms with Crippen molar-refractivity contribution in [3.63, 3.8) is 0 Å². The summed E-state index contributed by atoms with van der Waals surface area (Å²) in [7, 11) is 0. The minimum absolute atomic E-state index is 0.0819. The summed E-state index contributed by atoms with van der Waals surface area (Å²) in [6.07, 6.45) is 0. The second-order valence-electron chi connectivity index (χ2n) is 33.8. The highest BCUT2D eigenvalue weighted by Gasteiger charge is 2.39. The van der Waals surface area contributed by atoms with Crippen LogP contribution in [-0.2, 0) is 21.7 Å². The SMILES string of the molecule is CC1(C)c2ccccc2-c2ccc(-c3ccc(-c4ccc5c6ccc(-c7ccc(-c8ccc9c(c8)C(C)(C)c8ccccc8-9)cc7)cc6c6c7cc(-c8ccc(-c9ccc%10c(c9)C(C)(C)c9ccccc9-%10)cc8)ccc7c7ccc(-c8ccc(-c9ccc%10c(c9)C(C)(C)c9ccccc9-%10)cc8)cc7c6c5c4)cc3)cc21. The molecule has 0 nitrogen and oxygen atoms in total. The van der Waals surface area contributed by atoms with Crippen molar-refractivity contribution >= 4 is 53.9 Å². The maximum absolute atomic E-state index is 2.51. The summed E-state index contributed by atoms with van der Waals surface area (Å²) in [6.45, 7) is 19.0. The minimum atomic E-state index is -0.0819. The number of benzene rings is 18. The van der Waals surface area contributed by atoms with Crippen LogP contribution >= 0.6 is 0 Å². The Hall–Kier alpha value is -12.7. The first kappa shape index (κ1) is 64.4. The quantitative estimate of drug-likeness (QED) is 0.133. The predicted molar refractivity (Wildman–Crippen MR) is 468 cm³/mol. The third kappa shape index (κ3) is 9.45. The molecule has 0 saturated carbocycles. The van der Waals surface area contributed by atoms with E-state index in [9.17, 15) is 0 Å². The van der Waals surface area contributed by atoms with Crippen molar-refractivity contribution in [3.05, 3.63) is 384 Å². The highest BCUT2D eigenvalue weighted by Crippen LogP contribution is 2.56. The van der Waals surface area contributed by atoms with Gasteiger partial charge in [-0.25, -0.2) is 0 Å². The normalized spacial score (nSPS) is 14.7. The number of rotatable bonds is 8. The summed E-state index contributed by atoms with van der Waals surface area (Å²) in [5.41, 5.74) is 40.9. The molecule has 18 aromatic carbocycles. The smallest absolute Gasteiger partial charge is 0.0159 e. The van der Waals surface area contributed by atoms with Gasteiger partial charge in [0.15, 0.2) is 0 Å². The van der Waals surface area contributed by atoms with Gasteiger partial charge in [0.2, 0.25) is 0 Å². The Bertz CT molecular complexity index is 6160. The van der Waals surface area contributed by atoms with Crippen molar-refractivity contribution in [1.82, 2.24) is 0 Å². The molecule has 0 unspecified atom stereocenters. The van der Waals surface area contributed by atoms with E-state index in [1.807, 2.05) is 0 Å². The molecular weight excluding hydrogens is 1320 g/mol. The first-order chi connectivity index (χ1) is 53.5. The maximum Gasteiger partial charge on any atom is 0.0159 e. The van der Waals surface area contributed by atoms with Crippen molar-refractivity contribution in [2.45, 2.75) is 77.0 Å². The highest BCUT2D eigenvalue weighted by atomic mass is 14.4. The van der Waals surface area contributed by atoms with Crippen LogP contribution in [0.15, 0.2) is 340 Å². The molecule has 0 fully saturated rings. The topological polar surface area (TPSA) is 0 Å². The molecule has 22 rings (SSSR count). The number of hydrogen-bond acceptors (Lipinski definition) is 0. The molecule has 0 bridgehead atoms. The lowest BCUT2D eigenvalue weighted by Crippen LogP contribution is -2.14. The molecule has 0 saturated heterocycles. The Morgan fingerprint density at radius 1 is 0.127 bits per heavy atom. The van der Waals surface area contributed by atoms with Crippen LogP contribution in [0.1, 0.15) is 99.9 Å². The van der Waals surface area contributed by atoms with Gasteiger partial charge in [-0.2, -0.15) is 0 Å². The standard InChI is InChI=1S/C110H80/c1-107(2)97-21-13-9-17-85(97)89-53-45-77(61-101(89)107)69-33-25-65(26-34-69)73-41-49-81-82-50-42-75(67-29-37-71(38-30-67)79-47-55-91-87-19-11-15-23-99(87)109(5,6)103(91)63-79)59-95(82)106-96-60-76(68-31-39-72(40-32-68)80-48-56-92-88-20-12-16-24-100(88)110(7,8)104(92)64-80)44-52-84(96)83-51-43-74(58-94(83)105(106)93(81)57-73)66-27-35-70(36-28-66)78-46-54-90-86-18-10-14-22-98(86)108(3,4)102(90)62-78/h9-64H,1-8H3. The third-order valence-electron chi connectivity index (χ3n) is 26.5. The van der Waals surface area contributed by atoms with Crippen molar-refractivity contribution in [1.29, 1.82) is 0 Å². The van der Waals surface area contributed by atoms with Crippen LogP contribution in [0, 0.1) is 0 Å². The molecule has 0 aliphatic heterocycles. The summed E-state index contributed by atoms with van der Waals surface area (Å²) in [4.78, 5) is 0. The average molecular weight is 1400 g/mol. The summed E-state index contributed by atoms with van der Waals surface area (Å²) >= 11 is 0. The number of hydrogen-bond donors (Lipinski definition) is 0. The monoisotopic (exact) mass is 1400 g/mol. The van der Waals surface area contributed by atoms with Crippen LogP contribution in [0.25, 0.3) is 187 Å². The lowest BCUT2D eigenvalue weighted by atomic mass is 9.81. The summed E-state index contributed by atoms with van der Waals surface area (Å²) in [5, 5.41) is 12.4. The molecule has 18 aromatic rings. The van der Waals surface area contributed by atoms with E-state index >= 15 is 0 Å².